The standard InChI is InChI=1S/C10H12N4OS/c11-8(16)10(4-2-5-10)9(15)13-7-3-1-6-12-14-7/h1,3,6H,2,4-5H2,(H2,11,16)(H,13,14,15). The molecule has 1 aromatic rings. The van der Waals surface area contributed by atoms with Gasteiger partial charge in [0.15, 0.2) is 5.82 Å². The van der Waals surface area contributed by atoms with Crippen LogP contribution < -0.4 is 11.1 Å². The van der Waals surface area contributed by atoms with Crippen LogP contribution in [0.1, 0.15) is 19.3 Å². The molecule has 84 valence electrons. The summed E-state index contributed by atoms with van der Waals surface area (Å²) in [4.78, 5) is 12.3. The highest BCUT2D eigenvalue weighted by molar-refractivity contribution is 7.80. The summed E-state index contributed by atoms with van der Waals surface area (Å²) in [5, 5.41) is 10.1. The lowest BCUT2D eigenvalue weighted by Crippen LogP contribution is -2.50. The molecule has 1 saturated carbocycles. The minimum atomic E-state index is -0.674. The van der Waals surface area contributed by atoms with Gasteiger partial charge in [-0.15, -0.1) is 5.10 Å². The minimum absolute atomic E-state index is 0.174. The number of nitrogens with zero attached hydrogens (tertiary/aromatic N) is 2. The second kappa shape index (κ2) is 4.13. The van der Waals surface area contributed by atoms with Gasteiger partial charge in [0.1, 0.15) is 0 Å². The molecule has 5 nitrogen and oxygen atoms in total. The third-order valence-electron chi connectivity index (χ3n) is 2.93. The van der Waals surface area contributed by atoms with Crippen molar-refractivity contribution in [3.8, 4) is 0 Å². The highest BCUT2D eigenvalue weighted by atomic mass is 32.1. The zero-order valence-corrected chi connectivity index (χ0v) is 9.46. The van der Waals surface area contributed by atoms with E-state index in [4.69, 9.17) is 18.0 Å². The number of thiocarbonyl (C=S) groups is 1. The highest BCUT2D eigenvalue weighted by Gasteiger charge is 2.47. The third kappa shape index (κ3) is 1.76. The molecule has 3 N–H and O–H groups in total. The van der Waals surface area contributed by atoms with E-state index < -0.39 is 5.41 Å². The largest absolute Gasteiger partial charge is 0.392 e. The first kappa shape index (κ1) is 10.9. The number of carbonyl (C=O) groups is 1. The first-order chi connectivity index (χ1) is 7.65. The van der Waals surface area contributed by atoms with Crippen molar-refractivity contribution in [2.75, 3.05) is 5.32 Å². The molecule has 0 saturated heterocycles. The Morgan fingerprint density at radius 3 is 2.75 bits per heavy atom. The summed E-state index contributed by atoms with van der Waals surface area (Å²) in [6.07, 6.45) is 3.95. The molecule has 2 rings (SSSR count). The van der Waals surface area contributed by atoms with Gasteiger partial charge in [0.25, 0.3) is 0 Å². The molecule has 1 aliphatic carbocycles. The van der Waals surface area contributed by atoms with E-state index in [1.807, 2.05) is 0 Å². The summed E-state index contributed by atoms with van der Waals surface area (Å²) in [6, 6.07) is 3.38. The Kier molecular flexibility index (Phi) is 2.82. The summed E-state index contributed by atoms with van der Waals surface area (Å²) in [6.45, 7) is 0. The van der Waals surface area contributed by atoms with E-state index in [0.29, 0.717) is 18.7 Å². The Hall–Kier alpha value is -1.56. The van der Waals surface area contributed by atoms with E-state index in [1.54, 1.807) is 18.3 Å². The molecule has 0 bridgehead atoms. The zero-order chi connectivity index (χ0) is 11.6. The molecule has 6 heteroatoms. The van der Waals surface area contributed by atoms with Crippen LogP contribution in [0.5, 0.6) is 0 Å². The average molecular weight is 236 g/mol. The van der Waals surface area contributed by atoms with Gasteiger partial charge in [0, 0.05) is 6.20 Å². The Morgan fingerprint density at radius 1 is 1.56 bits per heavy atom. The molecule has 1 heterocycles. The van der Waals surface area contributed by atoms with Crippen molar-refractivity contribution < 1.29 is 4.79 Å². The van der Waals surface area contributed by atoms with Gasteiger partial charge in [-0.1, -0.05) is 18.6 Å². The van der Waals surface area contributed by atoms with Crippen LogP contribution in [0.25, 0.3) is 0 Å². The van der Waals surface area contributed by atoms with Gasteiger partial charge in [-0.05, 0) is 25.0 Å². The fraction of sp³-hybridized carbons (Fsp3) is 0.400. The van der Waals surface area contributed by atoms with Crippen molar-refractivity contribution in [1.29, 1.82) is 0 Å². The summed E-state index contributed by atoms with van der Waals surface area (Å²) in [5.74, 6) is 0.252. The first-order valence-corrected chi connectivity index (χ1v) is 5.45. The van der Waals surface area contributed by atoms with Crippen LogP contribution in [-0.2, 0) is 4.79 Å². The van der Waals surface area contributed by atoms with E-state index in [1.165, 1.54) is 0 Å². The number of nitrogens with one attached hydrogen (secondary N) is 1. The number of anilines is 1. The Balaban J connectivity index is 2.11. The molecular weight excluding hydrogens is 224 g/mol. The fourth-order valence-electron chi connectivity index (χ4n) is 1.72. The van der Waals surface area contributed by atoms with E-state index in [9.17, 15) is 4.79 Å². The summed E-state index contributed by atoms with van der Waals surface area (Å²) < 4.78 is 0. The molecule has 0 atom stereocenters. The lowest BCUT2D eigenvalue weighted by Gasteiger charge is -2.38. The topological polar surface area (TPSA) is 80.9 Å². The van der Waals surface area contributed by atoms with Crippen molar-refractivity contribution in [1.82, 2.24) is 10.2 Å². The number of carbonyl (C=O) groups excluding carboxylic acids is 1. The van der Waals surface area contributed by atoms with Crippen molar-refractivity contribution >= 4 is 28.9 Å². The number of amides is 1. The van der Waals surface area contributed by atoms with Crippen LogP contribution >= 0.6 is 12.2 Å². The molecule has 1 aromatic heterocycles. The van der Waals surface area contributed by atoms with E-state index in [-0.39, 0.29) is 10.9 Å². The lowest BCUT2D eigenvalue weighted by atomic mass is 9.68. The maximum Gasteiger partial charge on any atom is 0.238 e. The van der Waals surface area contributed by atoms with Crippen molar-refractivity contribution in [2.45, 2.75) is 19.3 Å². The number of nitrogens with two attached hydrogens (primary N) is 1. The molecule has 16 heavy (non-hydrogen) atoms. The van der Waals surface area contributed by atoms with Crippen molar-refractivity contribution in [3.05, 3.63) is 18.3 Å². The zero-order valence-electron chi connectivity index (χ0n) is 8.64. The Morgan fingerprint density at radius 2 is 2.31 bits per heavy atom. The van der Waals surface area contributed by atoms with Gasteiger partial charge < -0.3 is 11.1 Å². The van der Waals surface area contributed by atoms with Crippen molar-refractivity contribution in [2.24, 2.45) is 11.1 Å². The Labute approximate surface area is 98.4 Å². The number of hydrogen-bond acceptors (Lipinski definition) is 4. The molecule has 0 aliphatic heterocycles. The third-order valence-corrected chi connectivity index (χ3v) is 3.32. The fourth-order valence-corrected chi connectivity index (χ4v) is 2.02. The molecule has 0 aromatic carbocycles. The summed E-state index contributed by atoms with van der Waals surface area (Å²) in [5.41, 5.74) is 4.95. The van der Waals surface area contributed by atoms with Gasteiger partial charge >= 0.3 is 0 Å². The second-order valence-electron chi connectivity index (χ2n) is 3.86. The quantitative estimate of drug-likeness (QED) is 0.761. The van der Waals surface area contributed by atoms with Crippen LogP contribution in [0.2, 0.25) is 0 Å². The van der Waals surface area contributed by atoms with Gasteiger partial charge in [0.2, 0.25) is 5.91 Å². The summed E-state index contributed by atoms with van der Waals surface area (Å²) >= 11 is 4.95. The normalized spacial score (nSPS) is 17.2. The van der Waals surface area contributed by atoms with Crippen LogP contribution in [0.3, 0.4) is 0 Å². The van der Waals surface area contributed by atoms with Crippen molar-refractivity contribution in [3.63, 3.8) is 0 Å². The maximum absolute atomic E-state index is 12.0. The van der Waals surface area contributed by atoms with Gasteiger partial charge in [-0.25, -0.2) is 0 Å². The van der Waals surface area contributed by atoms with Crippen LogP contribution in [0.15, 0.2) is 18.3 Å². The van der Waals surface area contributed by atoms with Crippen LogP contribution in [0, 0.1) is 5.41 Å². The predicted molar refractivity (Wildman–Crippen MR) is 63.7 cm³/mol. The van der Waals surface area contributed by atoms with E-state index >= 15 is 0 Å². The number of rotatable bonds is 3. The van der Waals surface area contributed by atoms with Crippen LogP contribution in [0.4, 0.5) is 5.82 Å². The lowest BCUT2D eigenvalue weighted by molar-refractivity contribution is -0.125. The van der Waals surface area contributed by atoms with E-state index in [2.05, 4.69) is 15.5 Å². The molecular formula is C10H12N4OS. The SMILES string of the molecule is NC(=S)C1(C(=O)Nc2cccnn2)CCC1. The molecule has 0 unspecified atom stereocenters. The minimum Gasteiger partial charge on any atom is -0.392 e. The number of hydrogen-bond donors (Lipinski definition) is 2. The summed E-state index contributed by atoms with van der Waals surface area (Å²) in [7, 11) is 0. The predicted octanol–water partition coefficient (Wildman–Crippen LogP) is 0.872. The van der Waals surface area contributed by atoms with Crippen LogP contribution in [-0.4, -0.2) is 21.1 Å². The first-order valence-electron chi connectivity index (χ1n) is 5.04. The molecule has 1 fully saturated rings. The molecule has 1 aliphatic rings. The smallest absolute Gasteiger partial charge is 0.238 e. The van der Waals surface area contributed by atoms with Gasteiger partial charge in [-0.2, -0.15) is 5.10 Å². The second-order valence-corrected chi connectivity index (χ2v) is 4.30. The highest BCUT2D eigenvalue weighted by Crippen LogP contribution is 2.42. The maximum atomic E-state index is 12.0. The monoisotopic (exact) mass is 236 g/mol. The molecule has 0 spiro atoms. The average Bonchev–Trinajstić information content (AvgIpc) is 2.16. The van der Waals surface area contributed by atoms with E-state index in [0.717, 1.165) is 6.42 Å². The molecule has 1 amide bonds. The van der Waals surface area contributed by atoms with Gasteiger partial charge in [-0.3, -0.25) is 4.79 Å². The Bertz CT molecular complexity index is 416. The number of aromatic nitrogens is 2. The van der Waals surface area contributed by atoms with Gasteiger partial charge in [0.05, 0.1) is 10.4 Å². The molecule has 0 radical (unpaired) electrons.